The Kier molecular flexibility index (Phi) is 5.54. The van der Waals surface area contributed by atoms with Crippen LogP contribution in [-0.2, 0) is 0 Å². The minimum Gasteiger partial charge on any atom is -0.317 e. The van der Waals surface area contributed by atoms with Gasteiger partial charge in [-0.3, -0.25) is 4.99 Å². The second kappa shape index (κ2) is 7.39. The molecule has 1 heterocycles. The van der Waals surface area contributed by atoms with Crippen molar-refractivity contribution in [2.24, 2.45) is 10.9 Å². The maximum atomic E-state index is 4.28. The van der Waals surface area contributed by atoms with Crippen LogP contribution in [-0.4, -0.2) is 26.4 Å². The Morgan fingerprint density at radius 3 is 2.65 bits per heavy atom. The van der Waals surface area contributed by atoms with Gasteiger partial charge in [0.2, 0.25) is 0 Å². The van der Waals surface area contributed by atoms with Crippen molar-refractivity contribution in [3.05, 3.63) is 41.0 Å². The molecule has 0 spiro atoms. The molecule has 2 nitrogen and oxygen atoms in total. The first kappa shape index (κ1) is 15.0. The second-order valence-corrected chi connectivity index (χ2v) is 5.73. The summed E-state index contributed by atoms with van der Waals surface area (Å²) in [4.78, 5) is 4.28. The molecule has 2 rings (SSSR count). The average molecular weight is 270 g/mol. The summed E-state index contributed by atoms with van der Waals surface area (Å²) in [5.74, 6) is 0.680. The van der Waals surface area contributed by atoms with Gasteiger partial charge in [0.1, 0.15) is 0 Å². The predicted molar refractivity (Wildman–Crippen MR) is 88.4 cm³/mol. The van der Waals surface area contributed by atoms with E-state index in [1.165, 1.54) is 41.5 Å². The normalized spacial score (nSPS) is 21.6. The molecular formula is C18H26N2. The van der Waals surface area contributed by atoms with E-state index in [0.717, 1.165) is 13.1 Å². The molecule has 2 heteroatoms. The van der Waals surface area contributed by atoms with E-state index in [1.54, 1.807) is 0 Å². The molecule has 1 aliphatic heterocycles. The third-order valence-electron chi connectivity index (χ3n) is 4.23. The highest BCUT2D eigenvalue weighted by molar-refractivity contribution is 6.11. The van der Waals surface area contributed by atoms with E-state index in [4.69, 9.17) is 0 Å². The monoisotopic (exact) mass is 270 g/mol. The zero-order valence-electron chi connectivity index (χ0n) is 12.9. The van der Waals surface area contributed by atoms with E-state index < -0.39 is 0 Å². The molecule has 1 unspecified atom stereocenters. The number of hydrogen-bond donors (Lipinski definition) is 1. The van der Waals surface area contributed by atoms with Crippen LogP contribution in [0.3, 0.4) is 0 Å². The number of aliphatic imine (C=N–C) groups is 1. The highest BCUT2D eigenvalue weighted by Crippen LogP contribution is 2.28. The molecule has 0 saturated carbocycles. The van der Waals surface area contributed by atoms with Crippen LogP contribution in [0.15, 0.2) is 34.8 Å². The van der Waals surface area contributed by atoms with Crippen molar-refractivity contribution < 1.29 is 0 Å². The first-order valence-electron chi connectivity index (χ1n) is 7.63. The Labute approximate surface area is 123 Å². The van der Waals surface area contributed by atoms with E-state index >= 15 is 0 Å². The topological polar surface area (TPSA) is 24.4 Å². The van der Waals surface area contributed by atoms with Crippen molar-refractivity contribution in [3.8, 4) is 0 Å². The molecule has 1 fully saturated rings. The molecule has 1 aliphatic rings. The Morgan fingerprint density at radius 2 is 1.95 bits per heavy atom. The molecule has 0 amide bonds. The van der Waals surface area contributed by atoms with Crippen LogP contribution in [0.2, 0.25) is 0 Å². The standard InChI is InChI=1S/C18H26N2/c1-14-6-8-17(9-7-14)18(13-19-3)15(2)16-5-4-11-20-12-10-16/h6-9,13,16,20H,4-5,10-12H2,1-3H3/b18-15-,19-13-. The number of benzene rings is 1. The number of nitrogens with one attached hydrogen (secondary N) is 1. The summed E-state index contributed by atoms with van der Waals surface area (Å²) in [6.45, 7) is 6.70. The summed E-state index contributed by atoms with van der Waals surface area (Å²) in [5.41, 5.74) is 5.39. The molecule has 0 radical (unpaired) electrons. The van der Waals surface area contributed by atoms with Crippen molar-refractivity contribution in [1.82, 2.24) is 5.32 Å². The zero-order chi connectivity index (χ0) is 14.4. The van der Waals surface area contributed by atoms with Crippen molar-refractivity contribution in [2.45, 2.75) is 33.1 Å². The molecular weight excluding hydrogens is 244 g/mol. The maximum absolute atomic E-state index is 4.28. The predicted octanol–water partition coefficient (Wildman–Crippen LogP) is 3.86. The SMILES string of the molecule is C/N=C\C(=C(/C)C1CCCNCC1)c1ccc(C)cc1. The molecule has 1 atom stereocenters. The van der Waals surface area contributed by atoms with Gasteiger partial charge in [0, 0.05) is 13.3 Å². The lowest BCUT2D eigenvalue weighted by Crippen LogP contribution is -2.14. The van der Waals surface area contributed by atoms with Gasteiger partial charge in [-0.15, -0.1) is 0 Å². The summed E-state index contributed by atoms with van der Waals surface area (Å²) in [6.07, 6.45) is 5.81. The van der Waals surface area contributed by atoms with Gasteiger partial charge in [-0.05, 0) is 63.3 Å². The lowest BCUT2D eigenvalue weighted by molar-refractivity contribution is 0.547. The van der Waals surface area contributed by atoms with Gasteiger partial charge in [-0.1, -0.05) is 35.4 Å². The van der Waals surface area contributed by atoms with Crippen LogP contribution >= 0.6 is 0 Å². The Hall–Kier alpha value is -1.41. The Bertz CT molecular complexity index is 475. The highest BCUT2D eigenvalue weighted by atomic mass is 14.8. The Balaban J connectivity index is 2.33. The minimum absolute atomic E-state index is 0.680. The highest BCUT2D eigenvalue weighted by Gasteiger charge is 2.16. The molecule has 0 aliphatic carbocycles. The van der Waals surface area contributed by atoms with E-state index in [-0.39, 0.29) is 0 Å². The molecule has 1 aromatic carbocycles. The summed E-state index contributed by atoms with van der Waals surface area (Å²) in [7, 11) is 1.86. The van der Waals surface area contributed by atoms with Crippen LogP contribution in [0, 0.1) is 12.8 Å². The van der Waals surface area contributed by atoms with Gasteiger partial charge in [-0.2, -0.15) is 0 Å². The largest absolute Gasteiger partial charge is 0.317 e. The van der Waals surface area contributed by atoms with Gasteiger partial charge in [0.05, 0.1) is 0 Å². The van der Waals surface area contributed by atoms with E-state index in [1.807, 2.05) is 13.3 Å². The van der Waals surface area contributed by atoms with Crippen molar-refractivity contribution >= 4 is 11.8 Å². The second-order valence-electron chi connectivity index (χ2n) is 5.73. The van der Waals surface area contributed by atoms with Crippen molar-refractivity contribution in [1.29, 1.82) is 0 Å². The lowest BCUT2D eigenvalue weighted by atomic mass is 9.87. The average Bonchev–Trinajstić information content (AvgIpc) is 2.74. The molecule has 1 saturated heterocycles. The summed E-state index contributed by atoms with van der Waals surface area (Å²) >= 11 is 0. The fourth-order valence-corrected chi connectivity index (χ4v) is 2.94. The number of rotatable bonds is 3. The number of allylic oxidation sites excluding steroid dienone is 2. The van der Waals surface area contributed by atoms with Gasteiger partial charge in [0.15, 0.2) is 0 Å². The maximum Gasteiger partial charge on any atom is 0.0286 e. The van der Waals surface area contributed by atoms with E-state index in [9.17, 15) is 0 Å². The summed E-state index contributed by atoms with van der Waals surface area (Å²) in [6, 6.07) is 8.79. The van der Waals surface area contributed by atoms with Gasteiger partial charge in [0.25, 0.3) is 0 Å². The number of aryl methyl sites for hydroxylation is 1. The summed E-state index contributed by atoms with van der Waals surface area (Å²) in [5, 5.41) is 3.49. The molecule has 0 aromatic heterocycles. The zero-order valence-corrected chi connectivity index (χ0v) is 12.9. The first-order valence-corrected chi connectivity index (χ1v) is 7.63. The molecule has 0 bridgehead atoms. The van der Waals surface area contributed by atoms with Crippen LogP contribution in [0.5, 0.6) is 0 Å². The first-order chi connectivity index (χ1) is 9.72. The third kappa shape index (κ3) is 3.80. The molecule has 20 heavy (non-hydrogen) atoms. The van der Waals surface area contributed by atoms with Crippen LogP contribution in [0.1, 0.15) is 37.3 Å². The van der Waals surface area contributed by atoms with Crippen LogP contribution in [0.4, 0.5) is 0 Å². The quantitative estimate of drug-likeness (QED) is 0.829. The fraction of sp³-hybridized carbons (Fsp3) is 0.500. The smallest absolute Gasteiger partial charge is 0.0286 e. The Morgan fingerprint density at radius 1 is 1.20 bits per heavy atom. The fourth-order valence-electron chi connectivity index (χ4n) is 2.94. The van der Waals surface area contributed by atoms with Crippen LogP contribution in [0.25, 0.3) is 5.57 Å². The van der Waals surface area contributed by atoms with Crippen molar-refractivity contribution in [3.63, 3.8) is 0 Å². The molecule has 1 aromatic rings. The lowest BCUT2D eigenvalue weighted by Gasteiger charge is -2.18. The van der Waals surface area contributed by atoms with Gasteiger partial charge >= 0.3 is 0 Å². The van der Waals surface area contributed by atoms with Crippen molar-refractivity contribution in [2.75, 3.05) is 20.1 Å². The summed E-state index contributed by atoms with van der Waals surface area (Å²) < 4.78 is 0. The third-order valence-corrected chi connectivity index (χ3v) is 4.23. The number of nitrogens with zero attached hydrogens (tertiary/aromatic N) is 1. The minimum atomic E-state index is 0.680. The van der Waals surface area contributed by atoms with Crippen LogP contribution < -0.4 is 5.32 Å². The molecule has 108 valence electrons. The number of hydrogen-bond acceptors (Lipinski definition) is 2. The molecule has 1 N–H and O–H groups in total. The van der Waals surface area contributed by atoms with E-state index in [2.05, 4.69) is 48.4 Å². The van der Waals surface area contributed by atoms with Gasteiger partial charge < -0.3 is 5.32 Å². The van der Waals surface area contributed by atoms with Gasteiger partial charge in [-0.25, -0.2) is 0 Å². The van der Waals surface area contributed by atoms with E-state index in [0.29, 0.717) is 5.92 Å².